The van der Waals surface area contributed by atoms with Crippen LogP contribution >= 0.6 is 11.6 Å². The van der Waals surface area contributed by atoms with Crippen LogP contribution in [0.25, 0.3) is 6.08 Å². The van der Waals surface area contributed by atoms with Crippen molar-refractivity contribution in [3.05, 3.63) is 99.3 Å². The van der Waals surface area contributed by atoms with Crippen LogP contribution in [0, 0.1) is 12.7 Å². The lowest BCUT2D eigenvalue weighted by molar-refractivity contribution is -0.122. The molecule has 3 aromatic carbocycles. The van der Waals surface area contributed by atoms with Gasteiger partial charge < -0.3 is 4.74 Å². The molecule has 1 aliphatic heterocycles. The van der Waals surface area contributed by atoms with Crippen molar-refractivity contribution in [3.8, 4) is 5.75 Å². The highest BCUT2D eigenvalue weighted by atomic mass is 35.5. The van der Waals surface area contributed by atoms with E-state index in [9.17, 15) is 18.8 Å². The van der Waals surface area contributed by atoms with E-state index in [2.05, 4.69) is 5.32 Å². The molecule has 8 heteroatoms. The van der Waals surface area contributed by atoms with Crippen LogP contribution in [-0.2, 0) is 16.0 Å². The number of urea groups is 1. The van der Waals surface area contributed by atoms with Crippen LogP contribution in [0.4, 0.5) is 14.9 Å². The van der Waals surface area contributed by atoms with E-state index in [1.54, 1.807) is 55.5 Å². The molecule has 1 aliphatic rings. The van der Waals surface area contributed by atoms with Crippen LogP contribution in [-0.4, -0.2) is 24.5 Å². The number of aryl methyl sites for hydroxylation is 1. The summed E-state index contributed by atoms with van der Waals surface area (Å²) < 4.78 is 19.9. The van der Waals surface area contributed by atoms with Gasteiger partial charge in [0.1, 0.15) is 17.1 Å². The van der Waals surface area contributed by atoms with Crippen molar-refractivity contribution in [1.82, 2.24) is 5.32 Å². The molecule has 178 valence electrons. The Bertz CT molecular complexity index is 1370. The first kappa shape index (κ1) is 24.2. The molecule has 0 aromatic heterocycles. The lowest BCUT2D eigenvalue weighted by atomic mass is 10.00. The van der Waals surface area contributed by atoms with E-state index in [1.165, 1.54) is 18.2 Å². The molecule has 0 spiro atoms. The van der Waals surface area contributed by atoms with E-state index in [0.717, 1.165) is 16.0 Å². The lowest BCUT2D eigenvalue weighted by Gasteiger charge is -2.26. The number of amides is 4. The van der Waals surface area contributed by atoms with Gasteiger partial charge in [0.05, 0.1) is 12.3 Å². The zero-order valence-corrected chi connectivity index (χ0v) is 19.9. The maximum absolute atomic E-state index is 14.1. The number of carbonyl (C=O) groups excluding carboxylic acids is 3. The summed E-state index contributed by atoms with van der Waals surface area (Å²) in [7, 11) is 0. The average molecular weight is 493 g/mol. The van der Waals surface area contributed by atoms with Crippen LogP contribution in [0.2, 0.25) is 5.02 Å². The Balaban J connectivity index is 1.68. The Morgan fingerprint density at radius 3 is 2.51 bits per heavy atom. The summed E-state index contributed by atoms with van der Waals surface area (Å²) in [6, 6.07) is 15.5. The molecule has 1 saturated heterocycles. The van der Waals surface area contributed by atoms with Gasteiger partial charge in [-0.2, -0.15) is 0 Å². The first-order valence-corrected chi connectivity index (χ1v) is 11.3. The lowest BCUT2D eigenvalue weighted by Crippen LogP contribution is -2.54. The minimum atomic E-state index is -0.854. The normalized spacial score (nSPS) is 14.9. The largest absolute Gasteiger partial charge is 0.494 e. The van der Waals surface area contributed by atoms with Crippen LogP contribution in [0.3, 0.4) is 0 Å². The van der Waals surface area contributed by atoms with Crippen molar-refractivity contribution in [2.75, 3.05) is 11.5 Å². The van der Waals surface area contributed by atoms with Crippen molar-refractivity contribution in [3.63, 3.8) is 0 Å². The second-order valence-corrected chi connectivity index (χ2v) is 8.37. The average Bonchev–Trinajstić information content (AvgIpc) is 2.82. The molecule has 6 nitrogen and oxygen atoms in total. The number of halogens is 2. The van der Waals surface area contributed by atoms with Gasteiger partial charge in [0.2, 0.25) is 0 Å². The number of benzene rings is 3. The Morgan fingerprint density at radius 2 is 1.80 bits per heavy atom. The molecular formula is C27H22ClFN2O4. The van der Waals surface area contributed by atoms with Crippen molar-refractivity contribution in [2.45, 2.75) is 20.3 Å². The highest BCUT2D eigenvalue weighted by Gasteiger charge is 2.37. The highest BCUT2D eigenvalue weighted by molar-refractivity contribution is 6.39. The monoisotopic (exact) mass is 492 g/mol. The molecule has 35 heavy (non-hydrogen) atoms. The minimum absolute atomic E-state index is 0.217. The fourth-order valence-corrected chi connectivity index (χ4v) is 3.90. The van der Waals surface area contributed by atoms with Crippen molar-refractivity contribution in [2.24, 2.45) is 0 Å². The second-order valence-electron chi connectivity index (χ2n) is 7.96. The van der Waals surface area contributed by atoms with E-state index in [1.807, 2.05) is 6.92 Å². The number of hydrogen-bond donors (Lipinski definition) is 1. The van der Waals surface area contributed by atoms with Crippen LogP contribution in [0.5, 0.6) is 5.75 Å². The molecule has 0 radical (unpaired) electrons. The van der Waals surface area contributed by atoms with E-state index in [4.69, 9.17) is 16.3 Å². The molecule has 3 aromatic rings. The number of hydrogen-bond acceptors (Lipinski definition) is 4. The molecule has 0 saturated carbocycles. The highest BCUT2D eigenvalue weighted by Crippen LogP contribution is 2.29. The van der Waals surface area contributed by atoms with Crippen molar-refractivity contribution < 1.29 is 23.5 Å². The third-order valence-electron chi connectivity index (χ3n) is 5.56. The van der Waals surface area contributed by atoms with Gasteiger partial charge in [0.25, 0.3) is 11.8 Å². The summed E-state index contributed by atoms with van der Waals surface area (Å²) in [6.07, 6.45) is 1.71. The van der Waals surface area contributed by atoms with Gasteiger partial charge in [-0.1, -0.05) is 48.0 Å². The first-order chi connectivity index (χ1) is 16.8. The molecule has 1 N–H and O–H groups in total. The van der Waals surface area contributed by atoms with Gasteiger partial charge >= 0.3 is 6.03 Å². The summed E-state index contributed by atoms with van der Waals surface area (Å²) in [5.41, 5.74) is 2.60. The fraction of sp³-hybridized carbons (Fsp3) is 0.148. The number of rotatable bonds is 6. The molecular weight excluding hydrogens is 471 g/mol. The molecule has 0 unspecified atom stereocenters. The standard InChI is InChI=1S/C27H22ClFN2O4/c1-3-35-24-13-17(9-10-19(24)14-18-6-4-5-7-23(18)29)12-21-25(32)30-27(34)31(26(21)33)20-11-8-16(2)22(28)15-20/h4-13,15H,3,14H2,1-2H3,(H,30,32,34)/b21-12+. The number of imide groups is 2. The molecule has 1 heterocycles. The second kappa shape index (κ2) is 10.1. The first-order valence-electron chi connectivity index (χ1n) is 10.9. The summed E-state index contributed by atoms with van der Waals surface area (Å²) in [4.78, 5) is 39.0. The third kappa shape index (κ3) is 5.10. The van der Waals surface area contributed by atoms with Gasteiger partial charge in [0, 0.05) is 11.4 Å². The van der Waals surface area contributed by atoms with E-state index >= 15 is 0 Å². The molecule has 4 amide bonds. The maximum Gasteiger partial charge on any atom is 0.335 e. The van der Waals surface area contributed by atoms with Gasteiger partial charge in [-0.15, -0.1) is 0 Å². The third-order valence-corrected chi connectivity index (χ3v) is 5.96. The maximum atomic E-state index is 14.1. The van der Waals surface area contributed by atoms with E-state index in [-0.39, 0.29) is 17.1 Å². The SMILES string of the molecule is CCOc1cc(/C=C2\C(=O)NC(=O)N(c3ccc(C)c(Cl)c3)C2=O)ccc1Cc1ccccc1F. The number of nitrogens with zero attached hydrogens (tertiary/aromatic N) is 1. The van der Waals surface area contributed by atoms with Crippen molar-refractivity contribution >= 4 is 41.2 Å². The number of carbonyl (C=O) groups is 3. The number of nitrogens with one attached hydrogen (secondary N) is 1. The van der Waals surface area contributed by atoms with Gasteiger partial charge in [-0.25, -0.2) is 14.1 Å². The van der Waals surface area contributed by atoms with E-state index in [0.29, 0.717) is 34.9 Å². The summed E-state index contributed by atoms with van der Waals surface area (Å²) in [5, 5.41) is 2.58. The Kier molecular flexibility index (Phi) is 6.98. The summed E-state index contributed by atoms with van der Waals surface area (Å²) in [6.45, 7) is 4.00. The number of ether oxygens (including phenoxy) is 1. The smallest absolute Gasteiger partial charge is 0.335 e. The fourth-order valence-electron chi connectivity index (χ4n) is 3.72. The topological polar surface area (TPSA) is 75.7 Å². The quantitative estimate of drug-likeness (QED) is 0.367. The predicted octanol–water partition coefficient (Wildman–Crippen LogP) is 5.44. The van der Waals surface area contributed by atoms with Crippen LogP contribution in [0.15, 0.2) is 66.2 Å². The van der Waals surface area contributed by atoms with Gasteiger partial charge in [-0.3, -0.25) is 14.9 Å². The molecule has 0 bridgehead atoms. The molecule has 0 aliphatic carbocycles. The Hall–Kier alpha value is -3.97. The zero-order chi connectivity index (χ0) is 25.1. The predicted molar refractivity (Wildman–Crippen MR) is 132 cm³/mol. The number of anilines is 1. The Morgan fingerprint density at radius 1 is 1.03 bits per heavy atom. The van der Waals surface area contributed by atoms with Crippen LogP contribution < -0.4 is 15.0 Å². The summed E-state index contributed by atoms with van der Waals surface area (Å²) in [5.74, 6) is -1.38. The van der Waals surface area contributed by atoms with Crippen LogP contribution in [0.1, 0.15) is 29.2 Å². The van der Waals surface area contributed by atoms with E-state index < -0.39 is 17.8 Å². The molecule has 1 fully saturated rings. The van der Waals surface area contributed by atoms with Gasteiger partial charge in [0.15, 0.2) is 0 Å². The zero-order valence-electron chi connectivity index (χ0n) is 19.1. The van der Waals surface area contributed by atoms with Gasteiger partial charge in [-0.05, 0) is 66.4 Å². The Labute approximate surface area is 207 Å². The minimum Gasteiger partial charge on any atom is -0.494 e. The number of barbiturate groups is 1. The molecule has 4 rings (SSSR count). The molecule has 0 atom stereocenters. The van der Waals surface area contributed by atoms with Crippen molar-refractivity contribution in [1.29, 1.82) is 0 Å². The summed E-state index contributed by atoms with van der Waals surface area (Å²) >= 11 is 6.16.